The number of phosphoric acid groups is 1. The number of hydrogen-bond donors (Lipinski definition) is 1. The van der Waals surface area contributed by atoms with Crippen LogP contribution in [0.3, 0.4) is 0 Å². The summed E-state index contributed by atoms with van der Waals surface area (Å²) in [4.78, 5) is 8.98. The Hall–Kier alpha value is 0.400. The molecule has 0 fully saturated rings. The fraction of sp³-hybridized carbons (Fsp3) is 1.00. The summed E-state index contributed by atoms with van der Waals surface area (Å²) in [6.45, 7) is 3.45. The summed E-state index contributed by atoms with van der Waals surface area (Å²) in [5.74, 6) is 0.396. The van der Waals surface area contributed by atoms with Crippen LogP contribution in [0.5, 0.6) is 0 Å². The van der Waals surface area contributed by atoms with Gasteiger partial charge >= 0.3 is 7.82 Å². The van der Waals surface area contributed by atoms with Gasteiger partial charge in [0.1, 0.15) is 0 Å². The molecule has 0 amide bonds. The van der Waals surface area contributed by atoms with Gasteiger partial charge in [0.2, 0.25) is 0 Å². The first-order chi connectivity index (χ1) is 5.52. The van der Waals surface area contributed by atoms with Crippen molar-refractivity contribution < 1.29 is 18.5 Å². The molecule has 0 bridgehead atoms. The van der Waals surface area contributed by atoms with Gasteiger partial charge in [0, 0.05) is 5.88 Å². The van der Waals surface area contributed by atoms with Gasteiger partial charge in [-0.25, -0.2) is 4.57 Å². The van der Waals surface area contributed by atoms with Gasteiger partial charge < -0.3 is 4.89 Å². The molecule has 6 heteroatoms. The lowest BCUT2D eigenvalue weighted by Crippen LogP contribution is -2.08. The number of phosphoric ester groups is 1. The second-order valence-corrected chi connectivity index (χ2v) is 4.06. The lowest BCUT2D eigenvalue weighted by Gasteiger charge is -2.15. The second-order valence-electron chi connectivity index (χ2n) is 2.28. The van der Waals surface area contributed by atoms with E-state index >= 15 is 0 Å². The standard InChI is InChI=1S/C6H14ClO4P/c1-3-10-12(8,9)11-6(2)4-5-7/h6H,3-5H2,1-2H3,(H,8,9). The first-order valence-corrected chi connectivity index (χ1v) is 5.76. The molecular weight excluding hydrogens is 202 g/mol. The first-order valence-electron chi connectivity index (χ1n) is 3.73. The molecule has 0 saturated carbocycles. The van der Waals surface area contributed by atoms with E-state index in [0.29, 0.717) is 12.3 Å². The van der Waals surface area contributed by atoms with Crippen LogP contribution >= 0.6 is 19.4 Å². The molecule has 0 heterocycles. The maximum Gasteiger partial charge on any atom is 0.472 e. The quantitative estimate of drug-likeness (QED) is 0.546. The Morgan fingerprint density at radius 2 is 2.25 bits per heavy atom. The number of rotatable bonds is 6. The third-order valence-electron chi connectivity index (χ3n) is 1.12. The van der Waals surface area contributed by atoms with Crippen LogP contribution in [0, 0.1) is 0 Å². The van der Waals surface area contributed by atoms with Crippen LogP contribution in [0.2, 0.25) is 0 Å². The molecule has 0 aromatic carbocycles. The maximum atomic E-state index is 11.0. The Morgan fingerprint density at radius 3 is 2.67 bits per heavy atom. The fourth-order valence-corrected chi connectivity index (χ4v) is 1.88. The zero-order valence-corrected chi connectivity index (χ0v) is 8.85. The molecule has 12 heavy (non-hydrogen) atoms. The van der Waals surface area contributed by atoms with Crippen molar-refractivity contribution in [1.82, 2.24) is 0 Å². The first kappa shape index (κ1) is 12.4. The van der Waals surface area contributed by atoms with Crippen LogP contribution < -0.4 is 0 Å². The third kappa shape index (κ3) is 5.98. The van der Waals surface area contributed by atoms with E-state index in [0.717, 1.165) is 0 Å². The van der Waals surface area contributed by atoms with Crippen LogP contribution in [0.4, 0.5) is 0 Å². The normalized spacial score (nSPS) is 18.7. The van der Waals surface area contributed by atoms with Crippen molar-refractivity contribution in [3.05, 3.63) is 0 Å². The van der Waals surface area contributed by atoms with Crippen LogP contribution in [0.1, 0.15) is 20.3 Å². The van der Waals surface area contributed by atoms with Gasteiger partial charge in [-0.15, -0.1) is 11.6 Å². The molecule has 2 atom stereocenters. The highest BCUT2D eigenvalue weighted by molar-refractivity contribution is 7.47. The topological polar surface area (TPSA) is 55.8 Å². The molecule has 0 aliphatic heterocycles. The maximum absolute atomic E-state index is 11.0. The average molecular weight is 217 g/mol. The number of alkyl halides is 1. The highest BCUT2D eigenvalue weighted by Crippen LogP contribution is 2.44. The van der Waals surface area contributed by atoms with E-state index in [1.165, 1.54) is 0 Å². The smallest absolute Gasteiger partial charge is 0.302 e. The molecule has 4 nitrogen and oxygen atoms in total. The molecule has 0 aliphatic carbocycles. The second kappa shape index (κ2) is 5.95. The zero-order chi connectivity index (χ0) is 9.61. The third-order valence-corrected chi connectivity index (χ3v) is 2.55. The summed E-state index contributed by atoms with van der Waals surface area (Å²) in [6.07, 6.45) is 0.170. The van der Waals surface area contributed by atoms with E-state index < -0.39 is 7.82 Å². The molecule has 0 aliphatic rings. The minimum atomic E-state index is -3.84. The number of halogens is 1. The summed E-state index contributed by atoms with van der Waals surface area (Å²) in [5, 5.41) is 0. The Balaban J connectivity index is 3.79. The van der Waals surface area contributed by atoms with Crippen molar-refractivity contribution in [3.63, 3.8) is 0 Å². The van der Waals surface area contributed by atoms with E-state index in [4.69, 9.17) is 21.0 Å². The number of hydrogen-bond acceptors (Lipinski definition) is 3. The highest BCUT2D eigenvalue weighted by atomic mass is 35.5. The molecule has 0 saturated heterocycles. The largest absolute Gasteiger partial charge is 0.472 e. The van der Waals surface area contributed by atoms with E-state index in [-0.39, 0.29) is 12.7 Å². The van der Waals surface area contributed by atoms with Gasteiger partial charge in [0.05, 0.1) is 12.7 Å². The predicted octanol–water partition coefficient (Wildman–Crippen LogP) is 2.16. The predicted molar refractivity (Wildman–Crippen MR) is 47.3 cm³/mol. The molecule has 0 radical (unpaired) electrons. The van der Waals surface area contributed by atoms with Crippen molar-refractivity contribution in [1.29, 1.82) is 0 Å². The summed E-state index contributed by atoms with van der Waals surface area (Å²) in [7, 11) is -3.84. The van der Waals surface area contributed by atoms with Gasteiger partial charge in [0.15, 0.2) is 0 Å². The summed E-state index contributed by atoms with van der Waals surface area (Å²) in [5.41, 5.74) is 0. The SMILES string of the molecule is CCOP(=O)(O)OC(C)CCCl. The van der Waals surface area contributed by atoms with Gasteiger partial charge in [-0.05, 0) is 20.3 Å². The van der Waals surface area contributed by atoms with E-state index in [1.54, 1.807) is 13.8 Å². The van der Waals surface area contributed by atoms with Crippen molar-refractivity contribution in [3.8, 4) is 0 Å². The minimum Gasteiger partial charge on any atom is -0.302 e. The summed E-state index contributed by atoms with van der Waals surface area (Å²) < 4.78 is 20.2. The molecule has 0 rings (SSSR count). The Morgan fingerprint density at radius 1 is 1.67 bits per heavy atom. The van der Waals surface area contributed by atoms with Crippen LogP contribution in [-0.2, 0) is 13.6 Å². The average Bonchev–Trinajstić information content (AvgIpc) is 1.85. The summed E-state index contributed by atoms with van der Waals surface area (Å²) >= 11 is 5.41. The van der Waals surface area contributed by atoms with Gasteiger partial charge in [0.25, 0.3) is 0 Å². The highest BCUT2D eigenvalue weighted by Gasteiger charge is 2.22. The van der Waals surface area contributed by atoms with Crippen LogP contribution in [0.15, 0.2) is 0 Å². The van der Waals surface area contributed by atoms with Crippen molar-refractivity contribution in [2.24, 2.45) is 0 Å². The van der Waals surface area contributed by atoms with E-state index in [2.05, 4.69) is 4.52 Å². The Kier molecular flexibility index (Phi) is 6.14. The van der Waals surface area contributed by atoms with Gasteiger partial charge in [-0.3, -0.25) is 9.05 Å². The van der Waals surface area contributed by atoms with Crippen LogP contribution in [0.25, 0.3) is 0 Å². The van der Waals surface area contributed by atoms with Crippen molar-refractivity contribution in [2.45, 2.75) is 26.4 Å². The molecular formula is C6H14ClO4P. The van der Waals surface area contributed by atoms with E-state index in [9.17, 15) is 4.57 Å². The van der Waals surface area contributed by atoms with Gasteiger partial charge in [-0.1, -0.05) is 0 Å². The lowest BCUT2D eigenvalue weighted by atomic mass is 10.3. The monoisotopic (exact) mass is 216 g/mol. The lowest BCUT2D eigenvalue weighted by molar-refractivity contribution is 0.115. The zero-order valence-electron chi connectivity index (χ0n) is 7.20. The summed E-state index contributed by atoms with van der Waals surface area (Å²) in [6, 6.07) is 0. The van der Waals surface area contributed by atoms with E-state index in [1.807, 2.05) is 0 Å². The van der Waals surface area contributed by atoms with Gasteiger partial charge in [-0.2, -0.15) is 0 Å². The van der Waals surface area contributed by atoms with Crippen molar-refractivity contribution >= 4 is 19.4 Å². The molecule has 1 N–H and O–H groups in total. The molecule has 0 aromatic rings. The molecule has 0 aromatic heterocycles. The minimum absolute atomic E-state index is 0.154. The van der Waals surface area contributed by atoms with Crippen LogP contribution in [-0.4, -0.2) is 23.5 Å². The fourth-order valence-electron chi connectivity index (χ4n) is 0.627. The molecule has 0 spiro atoms. The molecule has 74 valence electrons. The molecule has 2 unspecified atom stereocenters. The Labute approximate surface area is 77.4 Å². The Bertz CT molecular complexity index is 164. The van der Waals surface area contributed by atoms with Crippen molar-refractivity contribution in [2.75, 3.05) is 12.5 Å².